The van der Waals surface area contributed by atoms with Crippen molar-refractivity contribution >= 4 is 5.97 Å². The molecule has 0 aromatic heterocycles. The number of alkyl halides is 3. The average Bonchev–Trinajstić information content (AvgIpc) is 3.05. The molecule has 5 atom stereocenters. The van der Waals surface area contributed by atoms with Gasteiger partial charge in [0.05, 0.1) is 18.6 Å². The van der Waals surface area contributed by atoms with Crippen molar-refractivity contribution in [2.24, 2.45) is 23.7 Å². The first kappa shape index (κ1) is 18.8. The second kappa shape index (κ2) is 7.33. The number of halogens is 3. The lowest BCUT2D eigenvalue weighted by molar-refractivity contribution is -0.141. The number of benzene rings is 1. The Morgan fingerprint density at radius 3 is 2.88 bits per heavy atom. The molecule has 3 nitrogen and oxygen atoms in total. The number of hydrogen-bond acceptors (Lipinski definition) is 3. The average molecular weight is 368 g/mol. The number of hydrogen-bond donors (Lipinski definition) is 0. The fourth-order valence-corrected chi connectivity index (χ4v) is 3.88. The van der Waals surface area contributed by atoms with E-state index < -0.39 is 11.7 Å². The van der Waals surface area contributed by atoms with Gasteiger partial charge in [-0.3, -0.25) is 4.79 Å². The highest BCUT2D eigenvalue weighted by molar-refractivity contribution is 5.72. The van der Waals surface area contributed by atoms with Gasteiger partial charge in [-0.2, -0.15) is 13.2 Å². The lowest BCUT2D eigenvalue weighted by atomic mass is 9.87. The first-order valence-electron chi connectivity index (χ1n) is 8.92. The van der Waals surface area contributed by atoms with E-state index in [2.05, 4.69) is 13.0 Å². The van der Waals surface area contributed by atoms with E-state index >= 15 is 0 Å². The summed E-state index contributed by atoms with van der Waals surface area (Å²) in [5, 5.41) is 0. The van der Waals surface area contributed by atoms with Crippen LogP contribution in [-0.4, -0.2) is 18.7 Å². The van der Waals surface area contributed by atoms with E-state index in [1.165, 1.54) is 12.1 Å². The minimum absolute atomic E-state index is 0.0313. The number of carbonyl (C=O) groups excluding carboxylic acids is 1. The second-order valence-corrected chi connectivity index (χ2v) is 7.39. The molecule has 0 radical (unpaired) electrons. The molecule has 5 unspecified atom stereocenters. The molecule has 1 saturated heterocycles. The summed E-state index contributed by atoms with van der Waals surface area (Å²) in [4.78, 5) is 11.5. The number of ether oxygens (including phenoxy) is 2. The normalized spacial score (nSPS) is 29.7. The van der Waals surface area contributed by atoms with Crippen LogP contribution < -0.4 is 4.74 Å². The summed E-state index contributed by atoms with van der Waals surface area (Å²) in [7, 11) is 0. The maximum absolute atomic E-state index is 12.7. The highest BCUT2D eigenvalue weighted by Gasteiger charge is 2.47. The third kappa shape index (κ3) is 4.22. The maximum atomic E-state index is 12.7. The van der Waals surface area contributed by atoms with E-state index in [9.17, 15) is 18.0 Å². The molecule has 1 aromatic carbocycles. The number of esters is 1. The Balaban J connectivity index is 1.55. The molecule has 26 heavy (non-hydrogen) atoms. The van der Waals surface area contributed by atoms with Gasteiger partial charge in [0.2, 0.25) is 0 Å². The molecular weight excluding hydrogens is 345 g/mol. The Bertz CT molecular complexity index is 683. The molecule has 0 amide bonds. The lowest BCUT2D eigenvalue weighted by Crippen LogP contribution is -2.14. The van der Waals surface area contributed by atoms with Crippen molar-refractivity contribution in [1.29, 1.82) is 0 Å². The zero-order valence-corrected chi connectivity index (χ0v) is 14.8. The van der Waals surface area contributed by atoms with Gasteiger partial charge in [0.1, 0.15) is 11.9 Å². The molecule has 0 N–H and O–H groups in total. The Morgan fingerprint density at radius 1 is 1.38 bits per heavy atom. The lowest BCUT2D eigenvalue weighted by Gasteiger charge is -2.17. The van der Waals surface area contributed by atoms with Crippen LogP contribution in [0.1, 0.15) is 32.3 Å². The Labute approximate surface area is 151 Å². The maximum Gasteiger partial charge on any atom is 0.416 e. The van der Waals surface area contributed by atoms with Crippen LogP contribution in [0.25, 0.3) is 0 Å². The fourth-order valence-electron chi connectivity index (χ4n) is 3.88. The molecule has 0 bridgehead atoms. The third-order valence-corrected chi connectivity index (χ3v) is 5.25. The Morgan fingerprint density at radius 2 is 2.15 bits per heavy atom. The standard InChI is InChI=1S/C20H23F3O3/c1-12(11-25-15-5-3-4-14(9-15)20(21,22)23)6-7-16-13(2)8-18-17(16)10-19(24)26-18/h3-7,9,12-13,16-18H,8,10-11H2,1-2H3. The van der Waals surface area contributed by atoms with Crippen molar-refractivity contribution in [3.8, 4) is 5.75 Å². The SMILES string of the molecule is CC(C=CC1C(C)CC2OC(=O)CC21)COc1cccc(C(F)(F)F)c1. The van der Waals surface area contributed by atoms with Gasteiger partial charge in [0.15, 0.2) is 0 Å². The molecule has 1 saturated carbocycles. The second-order valence-electron chi connectivity index (χ2n) is 7.39. The quantitative estimate of drug-likeness (QED) is 0.550. The molecular formula is C20H23F3O3. The van der Waals surface area contributed by atoms with Crippen LogP contribution in [-0.2, 0) is 15.7 Å². The molecule has 1 aliphatic carbocycles. The van der Waals surface area contributed by atoms with Crippen LogP contribution in [0, 0.1) is 23.7 Å². The Kier molecular flexibility index (Phi) is 5.30. The summed E-state index contributed by atoms with van der Waals surface area (Å²) in [6, 6.07) is 4.91. The summed E-state index contributed by atoms with van der Waals surface area (Å²) in [6.07, 6.45) is 1.17. The largest absolute Gasteiger partial charge is 0.493 e. The van der Waals surface area contributed by atoms with E-state index in [0.717, 1.165) is 18.6 Å². The van der Waals surface area contributed by atoms with Gasteiger partial charge in [-0.1, -0.05) is 32.1 Å². The third-order valence-electron chi connectivity index (χ3n) is 5.25. The van der Waals surface area contributed by atoms with E-state index in [0.29, 0.717) is 24.9 Å². The van der Waals surface area contributed by atoms with Crippen molar-refractivity contribution in [2.45, 2.75) is 39.0 Å². The number of fused-ring (bicyclic) bond motifs is 1. The first-order valence-corrected chi connectivity index (χ1v) is 8.92. The van der Waals surface area contributed by atoms with Crippen LogP contribution in [0.15, 0.2) is 36.4 Å². The minimum atomic E-state index is -4.37. The van der Waals surface area contributed by atoms with Gasteiger partial charge < -0.3 is 9.47 Å². The summed E-state index contributed by atoms with van der Waals surface area (Å²) in [5.74, 6) is 1.13. The number of rotatable bonds is 5. The number of allylic oxidation sites excluding steroid dienone is 1. The molecule has 6 heteroatoms. The summed E-state index contributed by atoms with van der Waals surface area (Å²) in [6.45, 7) is 4.41. The molecule has 1 aromatic rings. The van der Waals surface area contributed by atoms with Crippen LogP contribution in [0.4, 0.5) is 13.2 Å². The van der Waals surface area contributed by atoms with E-state index in [4.69, 9.17) is 9.47 Å². The smallest absolute Gasteiger partial charge is 0.416 e. The zero-order valence-electron chi connectivity index (χ0n) is 14.8. The van der Waals surface area contributed by atoms with Crippen molar-refractivity contribution in [3.63, 3.8) is 0 Å². The van der Waals surface area contributed by atoms with E-state index in [-0.39, 0.29) is 29.7 Å². The molecule has 3 rings (SSSR count). The molecule has 0 spiro atoms. The molecule has 142 valence electrons. The summed E-state index contributed by atoms with van der Waals surface area (Å²) >= 11 is 0. The summed E-state index contributed by atoms with van der Waals surface area (Å²) < 4.78 is 49.1. The molecule has 1 heterocycles. The number of carbonyl (C=O) groups is 1. The summed E-state index contributed by atoms with van der Waals surface area (Å²) in [5.41, 5.74) is -0.713. The monoisotopic (exact) mass is 368 g/mol. The van der Waals surface area contributed by atoms with Gasteiger partial charge in [-0.15, -0.1) is 0 Å². The fraction of sp³-hybridized carbons (Fsp3) is 0.550. The van der Waals surface area contributed by atoms with Gasteiger partial charge in [-0.25, -0.2) is 0 Å². The molecule has 1 aliphatic heterocycles. The van der Waals surface area contributed by atoms with E-state index in [1.807, 2.05) is 13.0 Å². The minimum Gasteiger partial charge on any atom is -0.493 e. The zero-order chi connectivity index (χ0) is 18.9. The van der Waals surface area contributed by atoms with Crippen LogP contribution in [0.5, 0.6) is 5.75 Å². The molecule has 2 aliphatic rings. The molecule has 2 fully saturated rings. The predicted molar refractivity (Wildman–Crippen MR) is 90.5 cm³/mol. The van der Waals surface area contributed by atoms with Crippen molar-refractivity contribution in [1.82, 2.24) is 0 Å². The highest BCUT2D eigenvalue weighted by atomic mass is 19.4. The van der Waals surface area contributed by atoms with Crippen molar-refractivity contribution in [2.75, 3.05) is 6.61 Å². The van der Waals surface area contributed by atoms with Crippen LogP contribution >= 0.6 is 0 Å². The van der Waals surface area contributed by atoms with Gasteiger partial charge in [0.25, 0.3) is 0 Å². The van der Waals surface area contributed by atoms with Gasteiger partial charge in [-0.05, 0) is 36.5 Å². The van der Waals surface area contributed by atoms with Crippen molar-refractivity contribution in [3.05, 3.63) is 42.0 Å². The topological polar surface area (TPSA) is 35.5 Å². The van der Waals surface area contributed by atoms with Crippen LogP contribution in [0.2, 0.25) is 0 Å². The van der Waals surface area contributed by atoms with Crippen LogP contribution in [0.3, 0.4) is 0 Å². The van der Waals surface area contributed by atoms with Gasteiger partial charge in [0, 0.05) is 11.8 Å². The predicted octanol–water partition coefficient (Wildman–Crippen LogP) is 4.86. The Hall–Kier alpha value is -1.98. The highest BCUT2D eigenvalue weighted by Crippen LogP contribution is 2.45. The van der Waals surface area contributed by atoms with E-state index in [1.54, 1.807) is 0 Å². The first-order chi connectivity index (χ1) is 12.2. The van der Waals surface area contributed by atoms with Crippen molar-refractivity contribution < 1.29 is 27.4 Å². The van der Waals surface area contributed by atoms with Gasteiger partial charge >= 0.3 is 12.1 Å².